The normalized spacial score (nSPS) is 20.6. The minimum absolute atomic E-state index is 0.291. The zero-order valence-corrected chi connectivity index (χ0v) is 13.7. The van der Waals surface area contributed by atoms with Crippen LogP contribution in [0.15, 0.2) is 18.2 Å². The number of benzene rings is 1. The third-order valence-electron chi connectivity index (χ3n) is 4.50. The Morgan fingerprint density at radius 3 is 2.68 bits per heavy atom. The van der Waals surface area contributed by atoms with Crippen LogP contribution in [0, 0.1) is 0 Å². The molecule has 3 rings (SSSR count). The van der Waals surface area contributed by atoms with Gasteiger partial charge >= 0.3 is 0 Å². The lowest BCUT2D eigenvalue weighted by atomic mass is 10.1. The number of hydrogen-bond acceptors (Lipinski definition) is 5. The molecule has 122 valence electrons. The van der Waals surface area contributed by atoms with E-state index in [0.29, 0.717) is 6.10 Å². The number of rotatable bonds is 6. The largest absolute Gasteiger partial charge is 0.493 e. The van der Waals surface area contributed by atoms with E-state index in [0.717, 1.165) is 63.7 Å². The van der Waals surface area contributed by atoms with Crippen molar-refractivity contribution < 1.29 is 9.47 Å². The van der Waals surface area contributed by atoms with Crippen LogP contribution in [-0.4, -0.2) is 75.9 Å². The van der Waals surface area contributed by atoms with Crippen molar-refractivity contribution in [3.63, 3.8) is 0 Å². The number of nitrogens with one attached hydrogen (secondary N) is 1. The van der Waals surface area contributed by atoms with Gasteiger partial charge in [0.15, 0.2) is 11.5 Å². The maximum atomic E-state index is 6.22. The Balaban J connectivity index is 1.65. The summed E-state index contributed by atoms with van der Waals surface area (Å²) in [6.45, 7) is 7.52. The summed E-state index contributed by atoms with van der Waals surface area (Å²) < 4.78 is 11.7. The van der Waals surface area contributed by atoms with Crippen LogP contribution in [0.3, 0.4) is 0 Å². The molecular weight excluding hydrogens is 278 g/mol. The van der Waals surface area contributed by atoms with Gasteiger partial charge in [0.25, 0.3) is 0 Å². The molecular formula is C17H27N3O2. The Bertz CT molecular complexity index is 483. The van der Waals surface area contributed by atoms with E-state index < -0.39 is 0 Å². The lowest BCUT2D eigenvalue weighted by molar-refractivity contribution is 0.0361. The predicted octanol–water partition coefficient (Wildman–Crippen LogP) is 0.836. The monoisotopic (exact) mass is 305 g/mol. The number of para-hydroxylation sites is 1. The second-order valence-corrected chi connectivity index (χ2v) is 6.25. The molecule has 0 aromatic heterocycles. The van der Waals surface area contributed by atoms with Gasteiger partial charge in [-0.1, -0.05) is 12.1 Å². The standard InChI is InChI=1S/C17H27N3O2/c1-19-12-15(13-19)22-17-14(4-3-5-16(17)21-2)6-9-20-10-7-18-8-11-20/h3-5,15,18H,6-13H2,1-2H3. The van der Waals surface area contributed by atoms with Crippen molar-refractivity contribution in [1.29, 1.82) is 0 Å². The molecule has 22 heavy (non-hydrogen) atoms. The van der Waals surface area contributed by atoms with Gasteiger partial charge in [0, 0.05) is 45.8 Å². The van der Waals surface area contributed by atoms with Crippen LogP contribution in [0.4, 0.5) is 0 Å². The fourth-order valence-electron chi connectivity index (χ4n) is 3.15. The summed E-state index contributed by atoms with van der Waals surface area (Å²) in [6, 6.07) is 6.22. The summed E-state index contributed by atoms with van der Waals surface area (Å²) in [4.78, 5) is 4.78. The molecule has 2 fully saturated rings. The van der Waals surface area contributed by atoms with Gasteiger partial charge in [-0.2, -0.15) is 0 Å². The van der Waals surface area contributed by atoms with Crippen LogP contribution in [0.25, 0.3) is 0 Å². The number of hydrogen-bond donors (Lipinski definition) is 1. The highest BCUT2D eigenvalue weighted by Crippen LogP contribution is 2.33. The van der Waals surface area contributed by atoms with Crippen molar-refractivity contribution >= 4 is 0 Å². The third kappa shape index (κ3) is 3.72. The van der Waals surface area contributed by atoms with Gasteiger partial charge in [-0.05, 0) is 25.1 Å². The predicted molar refractivity (Wildman–Crippen MR) is 87.9 cm³/mol. The van der Waals surface area contributed by atoms with E-state index in [9.17, 15) is 0 Å². The fraction of sp³-hybridized carbons (Fsp3) is 0.647. The maximum Gasteiger partial charge on any atom is 0.164 e. The van der Waals surface area contributed by atoms with Crippen molar-refractivity contribution in [2.24, 2.45) is 0 Å². The zero-order chi connectivity index (χ0) is 15.4. The van der Waals surface area contributed by atoms with Gasteiger partial charge in [-0.3, -0.25) is 4.90 Å². The number of likely N-dealkylation sites (N-methyl/N-ethyl adjacent to an activating group) is 1. The first-order valence-electron chi connectivity index (χ1n) is 8.20. The Hall–Kier alpha value is -1.30. The molecule has 0 unspecified atom stereocenters. The van der Waals surface area contributed by atoms with Gasteiger partial charge in [-0.15, -0.1) is 0 Å². The molecule has 5 nitrogen and oxygen atoms in total. The number of piperazine rings is 1. The highest BCUT2D eigenvalue weighted by Gasteiger charge is 2.27. The van der Waals surface area contributed by atoms with Crippen molar-refractivity contribution in [1.82, 2.24) is 15.1 Å². The molecule has 0 aliphatic carbocycles. The van der Waals surface area contributed by atoms with E-state index in [2.05, 4.69) is 34.3 Å². The zero-order valence-electron chi connectivity index (χ0n) is 13.7. The molecule has 2 saturated heterocycles. The summed E-state index contributed by atoms with van der Waals surface area (Å²) in [5.74, 6) is 1.80. The quantitative estimate of drug-likeness (QED) is 0.843. The molecule has 0 amide bonds. The van der Waals surface area contributed by atoms with E-state index in [4.69, 9.17) is 9.47 Å². The van der Waals surface area contributed by atoms with Gasteiger partial charge < -0.3 is 19.7 Å². The van der Waals surface area contributed by atoms with E-state index in [1.54, 1.807) is 7.11 Å². The minimum Gasteiger partial charge on any atom is -0.493 e. The Labute approximate surface area is 133 Å². The first-order valence-corrected chi connectivity index (χ1v) is 8.20. The maximum absolute atomic E-state index is 6.22. The number of methoxy groups -OCH3 is 1. The Morgan fingerprint density at radius 2 is 2.00 bits per heavy atom. The van der Waals surface area contributed by atoms with E-state index in [1.807, 2.05) is 6.07 Å². The molecule has 0 atom stereocenters. The van der Waals surface area contributed by atoms with Crippen LogP contribution >= 0.6 is 0 Å². The molecule has 2 heterocycles. The van der Waals surface area contributed by atoms with Crippen molar-refractivity contribution in [3.05, 3.63) is 23.8 Å². The van der Waals surface area contributed by atoms with Crippen LogP contribution in [0.5, 0.6) is 11.5 Å². The van der Waals surface area contributed by atoms with Crippen LogP contribution in [0.1, 0.15) is 5.56 Å². The van der Waals surface area contributed by atoms with Crippen molar-refractivity contribution in [3.8, 4) is 11.5 Å². The second-order valence-electron chi connectivity index (χ2n) is 6.25. The molecule has 2 aliphatic rings. The van der Waals surface area contributed by atoms with E-state index in [-0.39, 0.29) is 0 Å². The Kier molecular flexibility index (Phi) is 5.18. The van der Waals surface area contributed by atoms with Gasteiger partial charge in [-0.25, -0.2) is 0 Å². The van der Waals surface area contributed by atoms with Gasteiger partial charge in [0.05, 0.1) is 7.11 Å². The lowest BCUT2D eigenvalue weighted by Crippen LogP contribution is -2.51. The molecule has 1 N–H and O–H groups in total. The Morgan fingerprint density at radius 1 is 1.23 bits per heavy atom. The summed E-state index contributed by atoms with van der Waals surface area (Å²) in [7, 11) is 3.84. The molecule has 5 heteroatoms. The first-order chi connectivity index (χ1) is 10.8. The molecule has 2 aliphatic heterocycles. The van der Waals surface area contributed by atoms with Crippen molar-refractivity contribution in [2.75, 3.05) is 60.0 Å². The SMILES string of the molecule is COc1cccc(CCN2CCNCC2)c1OC1CN(C)C1. The average Bonchev–Trinajstić information content (AvgIpc) is 2.53. The number of nitrogens with zero attached hydrogens (tertiary/aromatic N) is 2. The van der Waals surface area contributed by atoms with Gasteiger partial charge in [0.1, 0.15) is 6.10 Å². The number of ether oxygens (including phenoxy) is 2. The molecule has 0 saturated carbocycles. The van der Waals surface area contributed by atoms with Crippen LogP contribution in [0.2, 0.25) is 0 Å². The third-order valence-corrected chi connectivity index (χ3v) is 4.50. The lowest BCUT2D eigenvalue weighted by Gasteiger charge is -2.36. The number of likely N-dealkylation sites (tertiary alicyclic amines) is 1. The highest BCUT2D eigenvalue weighted by molar-refractivity contribution is 5.47. The highest BCUT2D eigenvalue weighted by atomic mass is 16.5. The molecule has 1 aromatic rings. The van der Waals surface area contributed by atoms with E-state index >= 15 is 0 Å². The fourth-order valence-corrected chi connectivity index (χ4v) is 3.15. The molecule has 0 spiro atoms. The molecule has 0 bridgehead atoms. The van der Waals surface area contributed by atoms with Crippen LogP contribution in [-0.2, 0) is 6.42 Å². The minimum atomic E-state index is 0.291. The molecule has 1 aromatic carbocycles. The summed E-state index contributed by atoms with van der Waals surface area (Å²) in [6.07, 6.45) is 1.30. The van der Waals surface area contributed by atoms with Crippen molar-refractivity contribution in [2.45, 2.75) is 12.5 Å². The summed E-state index contributed by atoms with van der Waals surface area (Å²) in [5.41, 5.74) is 1.26. The first kappa shape index (κ1) is 15.6. The summed E-state index contributed by atoms with van der Waals surface area (Å²) >= 11 is 0. The van der Waals surface area contributed by atoms with Gasteiger partial charge in [0.2, 0.25) is 0 Å². The second kappa shape index (κ2) is 7.31. The van der Waals surface area contributed by atoms with Crippen LogP contribution < -0.4 is 14.8 Å². The average molecular weight is 305 g/mol. The topological polar surface area (TPSA) is 37.0 Å². The smallest absolute Gasteiger partial charge is 0.164 e. The van der Waals surface area contributed by atoms with E-state index in [1.165, 1.54) is 5.56 Å². The molecule has 0 radical (unpaired) electrons. The summed E-state index contributed by atoms with van der Waals surface area (Å²) in [5, 5.41) is 3.40.